The highest BCUT2D eigenvalue weighted by molar-refractivity contribution is 9.11. The summed E-state index contributed by atoms with van der Waals surface area (Å²) in [6, 6.07) is 0. The molecule has 64 valence electrons. The number of hydrogen-bond acceptors (Lipinski definition) is 3. The van der Waals surface area contributed by atoms with E-state index in [1.165, 1.54) is 16.9 Å². The first-order chi connectivity index (χ1) is 5.83. The van der Waals surface area contributed by atoms with E-state index in [0.29, 0.717) is 6.61 Å². The molecule has 0 atom stereocenters. The van der Waals surface area contributed by atoms with Gasteiger partial charge in [0, 0.05) is 5.56 Å². The zero-order valence-electron chi connectivity index (χ0n) is 6.30. The fourth-order valence-corrected chi connectivity index (χ4v) is 3.19. The Bertz CT molecular complexity index is 319. The summed E-state index contributed by atoms with van der Waals surface area (Å²) in [4.78, 5) is 11.4. The molecule has 0 aromatic carbocycles. The molecule has 1 aromatic rings. The van der Waals surface area contributed by atoms with Crippen LogP contribution in [-0.4, -0.2) is 12.9 Å². The summed E-state index contributed by atoms with van der Waals surface area (Å²) in [6.45, 7) is 1.35. The van der Waals surface area contributed by atoms with Gasteiger partial charge < -0.3 is 4.74 Å². The summed E-state index contributed by atoms with van der Waals surface area (Å²) in [7, 11) is 0. The number of thiophene rings is 1. The SMILES string of the molecule is O=Cc1sc(Br)c2c1COCC2. The fraction of sp³-hybridized carbons (Fsp3) is 0.375. The second-order valence-electron chi connectivity index (χ2n) is 2.62. The Morgan fingerprint density at radius 3 is 3.08 bits per heavy atom. The molecule has 0 saturated heterocycles. The third-order valence-corrected chi connectivity index (χ3v) is 3.90. The molecule has 2 heterocycles. The Hall–Kier alpha value is -0.190. The van der Waals surface area contributed by atoms with E-state index in [0.717, 1.165) is 33.5 Å². The monoisotopic (exact) mass is 246 g/mol. The molecule has 1 aliphatic heterocycles. The molecule has 2 rings (SSSR count). The lowest BCUT2D eigenvalue weighted by Gasteiger charge is -2.12. The molecule has 2 nitrogen and oxygen atoms in total. The molecule has 0 N–H and O–H groups in total. The smallest absolute Gasteiger partial charge is 0.160 e. The van der Waals surface area contributed by atoms with Gasteiger partial charge in [0.2, 0.25) is 0 Å². The second kappa shape index (κ2) is 3.28. The van der Waals surface area contributed by atoms with E-state index >= 15 is 0 Å². The van der Waals surface area contributed by atoms with Gasteiger partial charge in [0.25, 0.3) is 0 Å². The van der Waals surface area contributed by atoms with E-state index in [1.54, 1.807) is 0 Å². The van der Waals surface area contributed by atoms with Gasteiger partial charge >= 0.3 is 0 Å². The van der Waals surface area contributed by atoms with Crippen molar-refractivity contribution < 1.29 is 9.53 Å². The fourth-order valence-electron chi connectivity index (χ4n) is 1.34. The van der Waals surface area contributed by atoms with Crippen molar-refractivity contribution >= 4 is 33.6 Å². The molecule has 1 aromatic heterocycles. The molecule has 0 unspecified atom stereocenters. The maximum atomic E-state index is 10.6. The number of carbonyl (C=O) groups is 1. The molecule has 0 radical (unpaired) electrons. The van der Waals surface area contributed by atoms with Crippen molar-refractivity contribution in [3.05, 3.63) is 19.8 Å². The summed E-state index contributed by atoms with van der Waals surface area (Å²) >= 11 is 4.95. The van der Waals surface area contributed by atoms with Crippen LogP contribution >= 0.6 is 27.3 Å². The lowest BCUT2D eigenvalue weighted by Crippen LogP contribution is -2.08. The predicted octanol–water partition coefficient (Wildman–Crippen LogP) is 2.40. The normalized spacial score (nSPS) is 15.8. The van der Waals surface area contributed by atoms with Crippen LogP contribution < -0.4 is 0 Å². The van der Waals surface area contributed by atoms with Crippen molar-refractivity contribution in [3.8, 4) is 0 Å². The van der Waals surface area contributed by atoms with Crippen molar-refractivity contribution in [2.45, 2.75) is 13.0 Å². The van der Waals surface area contributed by atoms with Gasteiger partial charge in [-0.2, -0.15) is 0 Å². The molecule has 0 amide bonds. The van der Waals surface area contributed by atoms with Gasteiger partial charge in [-0.15, -0.1) is 11.3 Å². The highest BCUT2D eigenvalue weighted by Gasteiger charge is 2.19. The lowest BCUT2D eigenvalue weighted by molar-refractivity contribution is 0.106. The number of ether oxygens (including phenoxy) is 1. The van der Waals surface area contributed by atoms with Crippen molar-refractivity contribution in [1.82, 2.24) is 0 Å². The molecule has 0 bridgehead atoms. The summed E-state index contributed by atoms with van der Waals surface area (Å²) in [5.41, 5.74) is 2.33. The first-order valence-corrected chi connectivity index (χ1v) is 5.27. The van der Waals surface area contributed by atoms with E-state index in [9.17, 15) is 4.79 Å². The van der Waals surface area contributed by atoms with Crippen LogP contribution in [0.15, 0.2) is 3.79 Å². The number of fused-ring (bicyclic) bond motifs is 1. The standard InChI is InChI=1S/C8H7BrO2S/c9-8-5-1-2-11-4-6(5)7(3-10)12-8/h3H,1-2,4H2. The predicted molar refractivity (Wildman–Crippen MR) is 50.8 cm³/mol. The number of halogens is 1. The minimum absolute atomic E-state index is 0.589. The second-order valence-corrected chi connectivity index (χ2v) is 4.99. The van der Waals surface area contributed by atoms with Gasteiger partial charge in [0.1, 0.15) is 0 Å². The molecule has 0 fully saturated rings. The first-order valence-electron chi connectivity index (χ1n) is 3.66. The quantitative estimate of drug-likeness (QED) is 0.712. The van der Waals surface area contributed by atoms with E-state index in [4.69, 9.17) is 4.74 Å². The van der Waals surface area contributed by atoms with Gasteiger partial charge in [-0.3, -0.25) is 4.79 Å². The summed E-state index contributed by atoms with van der Waals surface area (Å²) < 4.78 is 6.36. The molecular weight excluding hydrogens is 240 g/mol. The largest absolute Gasteiger partial charge is 0.376 e. The number of hydrogen-bond donors (Lipinski definition) is 0. The van der Waals surface area contributed by atoms with Crippen LogP contribution in [0.3, 0.4) is 0 Å². The Kier molecular flexibility index (Phi) is 2.30. The molecule has 0 aliphatic carbocycles. The van der Waals surface area contributed by atoms with E-state index < -0.39 is 0 Å². The Morgan fingerprint density at radius 1 is 1.50 bits per heavy atom. The third-order valence-electron chi connectivity index (χ3n) is 1.95. The number of carbonyl (C=O) groups excluding carboxylic acids is 1. The number of aldehydes is 1. The topological polar surface area (TPSA) is 26.3 Å². The number of rotatable bonds is 1. The van der Waals surface area contributed by atoms with Gasteiger partial charge in [-0.25, -0.2) is 0 Å². The summed E-state index contributed by atoms with van der Waals surface area (Å²) in [5, 5.41) is 0. The maximum absolute atomic E-state index is 10.6. The van der Waals surface area contributed by atoms with Crippen molar-refractivity contribution in [2.24, 2.45) is 0 Å². The maximum Gasteiger partial charge on any atom is 0.160 e. The van der Waals surface area contributed by atoms with E-state index in [-0.39, 0.29) is 0 Å². The van der Waals surface area contributed by atoms with Crippen molar-refractivity contribution in [1.29, 1.82) is 0 Å². The lowest BCUT2D eigenvalue weighted by atomic mass is 10.1. The van der Waals surface area contributed by atoms with Crippen molar-refractivity contribution in [3.63, 3.8) is 0 Å². The molecule has 1 aliphatic rings. The van der Waals surface area contributed by atoms with Crippen LogP contribution in [0.1, 0.15) is 20.8 Å². The van der Waals surface area contributed by atoms with Crippen LogP contribution in [0.5, 0.6) is 0 Å². The summed E-state index contributed by atoms with van der Waals surface area (Å²) in [6.07, 6.45) is 1.82. The molecule has 4 heteroatoms. The average Bonchev–Trinajstić information content (AvgIpc) is 2.44. The Balaban J connectivity index is 2.53. The average molecular weight is 247 g/mol. The van der Waals surface area contributed by atoms with Crippen molar-refractivity contribution in [2.75, 3.05) is 6.61 Å². The van der Waals surface area contributed by atoms with Gasteiger partial charge in [-0.1, -0.05) is 0 Å². The summed E-state index contributed by atoms with van der Waals surface area (Å²) in [5.74, 6) is 0. The van der Waals surface area contributed by atoms with Crippen LogP contribution in [0.25, 0.3) is 0 Å². The van der Waals surface area contributed by atoms with Crippen LogP contribution in [0.4, 0.5) is 0 Å². The highest BCUT2D eigenvalue weighted by Crippen LogP contribution is 2.34. The minimum Gasteiger partial charge on any atom is -0.376 e. The first kappa shape index (κ1) is 8.41. The zero-order valence-corrected chi connectivity index (χ0v) is 8.70. The van der Waals surface area contributed by atoms with Crippen LogP contribution in [0.2, 0.25) is 0 Å². The van der Waals surface area contributed by atoms with Crippen LogP contribution in [-0.2, 0) is 17.8 Å². The Labute approximate surface area is 82.7 Å². The molecular formula is C8H7BrO2S. The van der Waals surface area contributed by atoms with Gasteiger partial charge in [-0.05, 0) is 27.9 Å². The Morgan fingerprint density at radius 2 is 2.33 bits per heavy atom. The highest BCUT2D eigenvalue weighted by atomic mass is 79.9. The molecule has 0 saturated carbocycles. The molecule has 0 spiro atoms. The van der Waals surface area contributed by atoms with Gasteiger partial charge in [0.15, 0.2) is 6.29 Å². The van der Waals surface area contributed by atoms with E-state index in [1.807, 2.05) is 0 Å². The zero-order chi connectivity index (χ0) is 8.55. The van der Waals surface area contributed by atoms with Crippen LogP contribution in [0, 0.1) is 0 Å². The van der Waals surface area contributed by atoms with E-state index in [2.05, 4.69) is 15.9 Å². The third kappa shape index (κ3) is 1.24. The van der Waals surface area contributed by atoms with Gasteiger partial charge in [0.05, 0.1) is 21.9 Å². The minimum atomic E-state index is 0.589. The molecule has 12 heavy (non-hydrogen) atoms.